The van der Waals surface area contributed by atoms with Crippen LogP contribution in [0.2, 0.25) is 0 Å². The SMILES string of the molecule is Cn1cccc1CN1CCC2(COc3ccccc3C(=O)N2)C1. The number of aromatic nitrogens is 1. The number of amides is 1. The van der Waals surface area contributed by atoms with Crippen LogP contribution in [0.4, 0.5) is 0 Å². The maximum Gasteiger partial charge on any atom is 0.255 e. The van der Waals surface area contributed by atoms with E-state index in [2.05, 4.69) is 40.2 Å². The molecule has 5 heteroatoms. The van der Waals surface area contributed by atoms with E-state index in [1.54, 1.807) is 0 Å². The zero-order valence-corrected chi connectivity index (χ0v) is 13.3. The average molecular weight is 311 g/mol. The molecule has 2 aliphatic rings. The number of carbonyl (C=O) groups is 1. The summed E-state index contributed by atoms with van der Waals surface area (Å²) in [6, 6.07) is 11.7. The second-order valence-corrected chi connectivity index (χ2v) is 6.59. The van der Waals surface area contributed by atoms with Gasteiger partial charge in [0.05, 0.1) is 11.1 Å². The summed E-state index contributed by atoms with van der Waals surface area (Å²) < 4.78 is 8.09. The van der Waals surface area contributed by atoms with Crippen LogP contribution in [-0.4, -0.2) is 40.6 Å². The van der Waals surface area contributed by atoms with Crippen LogP contribution < -0.4 is 10.1 Å². The molecule has 3 heterocycles. The first-order valence-corrected chi connectivity index (χ1v) is 8.02. The third kappa shape index (κ3) is 2.61. The van der Waals surface area contributed by atoms with Crippen molar-refractivity contribution in [2.45, 2.75) is 18.5 Å². The molecule has 0 bridgehead atoms. The van der Waals surface area contributed by atoms with Gasteiger partial charge in [0, 0.05) is 38.6 Å². The Kier molecular flexibility index (Phi) is 3.38. The van der Waals surface area contributed by atoms with Crippen molar-refractivity contribution in [1.82, 2.24) is 14.8 Å². The Labute approximate surface area is 135 Å². The van der Waals surface area contributed by atoms with Gasteiger partial charge >= 0.3 is 0 Å². The number of fused-ring (bicyclic) bond motifs is 1. The Bertz CT molecular complexity index is 739. The Balaban J connectivity index is 1.50. The third-order valence-electron chi connectivity index (χ3n) is 4.88. The first-order chi connectivity index (χ1) is 11.2. The predicted octanol–water partition coefficient (Wildman–Crippen LogP) is 1.79. The topological polar surface area (TPSA) is 46.5 Å². The number of aryl methyl sites for hydroxylation is 1. The minimum absolute atomic E-state index is 0.0289. The maximum absolute atomic E-state index is 12.5. The van der Waals surface area contributed by atoms with Crippen molar-refractivity contribution >= 4 is 5.91 Å². The summed E-state index contributed by atoms with van der Waals surface area (Å²) >= 11 is 0. The Morgan fingerprint density at radius 2 is 2.13 bits per heavy atom. The van der Waals surface area contributed by atoms with Crippen LogP contribution in [0.1, 0.15) is 22.5 Å². The van der Waals surface area contributed by atoms with E-state index in [0.717, 1.165) is 26.1 Å². The Morgan fingerprint density at radius 1 is 1.26 bits per heavy atom. The number of benzene rings is 1. The molecule has 0 radical (unpaired) electrons. The number of para-hydroxylation sites is 1. The van der Waals surface area contributed by atoms with Crippen molar-refractivity contribution in [2.75, 3.05) is 19.7 Å². The lowest BCUT2D eigenvalue weighted by molar-refractivity contribution is 0.0888. The molecule has 23 heavy (non-hydrogen) atoms. The second kappa shape index (κ2) is 5.42. The highest BCUT2D eigenvalue weighted by atomic mass is 16.5. The number of hydrogen-bond acceptors (Lipinski definition) is 3. The third-order valence-corrected chi connectivity index (χ3v) is 4.88. The summed E-state index contributed by atoms with van der Waals surface area (Å²) in [5.74, 6) is 0.654. The number of likely N-dealkylation sites (tertiary alicyclic amines) is 1. The molecule has 1 N–H and O–H groups in total. The van der Waals surface area contributed by atoms with Crippen LogP contribution in [0, 0.1) is 0 Å². The van der Waals surface area contributed by atoms with Gasteiger partial charge in [-0.3, -0.25) is 9.69 Å². The smallest absolute Gasteiger partial charge is 0.255 e. The lowest BCUT2D eigenvalue weighted by atomic mass is 10.00. The van der Waals surface area contributed by atoms with Gasteiger partial charge in [0.25, 0.3) is 5.91 Å². The molecule has 0 saturated carbocycles. The number of nitrogens with one attached hydrogen (secondary N) is 1. The molecule has 1 aromatic carbocycles. The zero-order valence-electron chi connectivity index (χ0n) is 13.3. The minimum Gasteiger partial charge on any atom is -0.490 e. The van der Waals surface area contributed by atoms with E-state index in [4.69, 9.17) is 4.74 Å². The molecule has 4 rings (SSSR count). The Hall–Kier alpha value is -2.27. The zero-order chi connectivity index (χ0) is 15.9. The van der Waals surface area contributed by atoms with Gasteiger partial charge in [0.1, 0.15) is 12.4 Å². The molecule has 5 nitrogen and oxygen atoms in total. The highest BCUT2D eigenvalue weighted by molar-refractivity contribution is 5.97. The summed E-state index contributed by atoms with van der Waals surface area (Å²) in [5.41, 5.74) is 1.62. The molecule has 1 spiro atoms. The van der Waals surface area contributed by atoms with E-state index < -0.39 is 0 Å². The van der Waals surface area contributed by atoms with Crippen molar-refractivity contribution in [3.63, 3.8) is 0 Å². The van der Waals surface area contributed by atoms with E-state index in [-0.39, 0.29) is 11.4 Å². The van der Waals surface area contributed by atoms with Gasteiger partial charge in [-0.05, 0) is 30.7 Å². The lowest BCUT2D eigenvalue weighted by Crippen LogP contribution is -2.53. The number of rotatable bonds is 2. The van der Waals surface area contributed by atoms with E-state index >= 15 is 0 Å². The number of nitrogens with zero attached hydrogens (tertiary/aromatic N) is 2. The first kappa shape index (κ1) is 14.3. The van der Waals surface area contributed by atoms with Crippen LogP contribution >= 0.6 is 0 Å². The molecule has 1 amide bonds. The molecule has 2 aromatic rings. The molecule has 120 valence electrons. The normalized spacial score (nSPS) is 24.1. The van der Waals surface area contributed by atoms with Crippen LogP contribution in [0.15, 0.2) is 42.6 Å². The summed E-state index contributed by atoms with van der Waals surface area (Å²) in [5, 5.41) is 3.22. The summed E-state index contributed by atoms with van der Waals surface area (Å²) in [6.45, 7) is 3.20. The fourth-order valence-electron chi connectivity index (χ4n) is 3.54. The van der Waals surface area contributed by atoms with Crippen molar-refractivity contribution in [3.8, 4) is 5.75 Å². The van der Waals surface area contributed by atoms with Crippen LogP contribution in [0.25, 0.3) is 0 Å². The minimum atomic E-state index is -0.290. The summed E-state index contributed by atoms with van der Waals surface area (Å²) in [7, 11) is 2.06. The van der Waals surface area contributed by atoms with Crippen molar-refractivity contribution in [2.24, 2.45) is 7.05 Å². The van der Waals surface area contributed by atoms with E-state index in [0.29, 0.717) is 17.9 Å². The van der Waals surface area contributed by atoms with Gasteiger partial charge in [-0.2, -0.15) is 0 Å². The van der Waals surface area contributed by atoms with Gasteiger partial charge in [-0.15, -0.1) is 0 Å². The van der Waals surface area contributed by atoms with Gasteiger partial charge in [0.15, 0.2) is 0 Å². The highest BCUT2D eigenvalue weighted by Gasteiger charge is 2.42. The molecule has 1 aromatic heterocycles. The van der Waals surface area contributed by atoms with Gasteiger partial charge < -0.3 is 14.6 Å². The molecule has 0 aliphatic carbocycles. The van der Waals surface area contributed by atoms with Crippen LogP contribution in [0.3, 0.4) is 0 Å². The summed E-state index contributed by atoms with van der Waals surface area (Å²) in [6.07, 6.45) is 2.98. The number of ether oxygens (including phenoxy) is 1. The predicted molar refractivity (Wildman–Crippen MR) is 87.4 cm³/mol. The van der Waals surface area contributed by atoms with Crippen molar-refractivity contribution in [3.05, 3.63) is 53.9 Å². The van der Waals surface area contributed by atoms with Gasteiger partial charge in [-0.1, -0.05) is 12.1 Å². The van der Waals surface area contributed by atoms with E-state index in [1.165, 1.54) is 5.69 Å². The molecule has 1 unspecified atom stereocenters. The molecule has 2 aliphatic heterocycles. The van der Waals surface area contributed by atoms with Gasteiger partial charge in [-0.25, -0.2) is 0 Å². The molecular formula is C18H21N3O2. The quantitative estimate of drug-likeness (QED) is 0.920. The maximum atomic E-state index is 12.5. The largest absolute Gasteiger partial charge is 0.490 e. The van der Waals surface area contributed by atoms with Crippen molar-refractivity contribution < 1.29 is 9.53 Å². The lowest BCUT2D eigenvalue weighted by Gasteiger charge is -2.28. The second-order valence-electron chi connectivity index (χ2n) is 6.59. The monoisotopic (exact) mass is 311 g/mol. The molecule has 1 saturated heterocycles. The molecule has 1 fully saturated rings. The standard InChI is InChI=1S/C18H21N3O2/c1-20-9-4-5-14(20)11-21-10-8-18(12-21)13-23-16-7-3-2-6-15(16)17(22)19-18/h2-7,9H,8,10-13H2,1H3,(H,19,22). The van der Waals surface area contributed by atoms with Crippen molar-refractivity contribution in [1.29, 1.82) is 0 Å². The molecular weight excluding hydrogens is 290 g/mol. The van der Waals surface area contributed by atoms with E-state index in [9.17, 15) is 4.79 Å². The van der Waals surface area contributed by atoms with Gasteiger partial charge in [0.2, 0.25) is 0 Å². The fourth-order valence-corrected chi connectivity index (χ4v) is 3.54. The molecule has 1 atom stereocenters. The van der Waals surface area contributed by atoms with Crippen LogP contribution in [-0.2, 0) is 13.6 Å². The first-order valence-electron chi connectivity index (χ1n) is 8.02. The highest BCUT2D eigenvalue weighted by Crippen LogP contribution is 2.29. The fraction of sp³-hybridized carbons (Fsp3) is 0.389. The number of hydrogen-bond donors (Lipinski definition) is 1. The average Bonchev–Trinajstić information content (AvgIpc) is 3.09. The number of carbonyl (C=O) groups excluding carboxylic acids is 1. The van der Waals surface area contributed by atoms with E-state index in [1.807, 2.05) is 24.3 Å². The Morgan fingerprint density at radius 3 is 2.96 bits per heavy atom. The summed E-state index contributed by atoms with van der Waals surface area (Å²) in [4.78, 5) is 14.9. The van der Waals surface area contributed by atoms with Crippen LogP contribution in [0.5, 0.6) is 5.75 Å².